The second-order valence-corrected chi connectivity index (χ2v) is 2.82. The summed E-state index contributed by atoms with van der Waals surface area (Å²) in [5, 5.41) is 7.90. The predicted molar refractivity (Wildman–Crippen MR) is 47.5 cm³/mol. The van der Waals surface area contributed by atoms with Crippen molar-refractivity contribution in [1.29, 1.82) is 0 Å². The molecule has 0 amide bonds. The van der Waals surface area contributed by atoms with Gasteiger partial charge in [0.25, 0.3) is 0 Å². The number of halogens is 2. The highest BCUT2D eigenvalue weighted by Gasteiger charge is 2.24. The monoisotopic (exact) mass is 212 g/mol. The first-order valence-corrected chi connectivity index (χ1v) is 4.26. The molecule has 0 spiro atoms. The van der Waals surface area contributed by atoms with E-state index in [9.17, 15) is 4.79 Å². The number of carbonyl (C=O) groups is 1. The molecule has 0 aliphatic carbocycles. The fourth-order valence-corrected chi connectivity index (χ4v) is 0.877. The van der Waals surface area contributed by atoms with Crippen LogP contribution in [0.25, 0.3) is 0 Å². The molecule has 3 nitrogen and oxygen atoms in total. The van der Waals surface area contributed by atoms with E-state index in [-0.39, 0.29) is 12.5 Å². The van der Waals surface area contributed by atoms with Crippen molar-refractivity contribution in [2.24, 2.45) is 0 Å². The van der Waals surface area contributed by atoms with Crippen molar-refractivity contribution in [3.63, 3.8) is 0 Å². The molecule has 5 heteroatoms. The number of aliphatic hydroxyl groups excluding tert-OH is 1. The van der Waals surface area contributed by atoms with Crippen molar-refractivity contribution in [3.8, 4) is 0 Å². The van der Waals surface area contributed by atoms with Crippen LogP contribution in [0.15, 0.2) is 12.7 Å². The molecule has 0 saturated heterocycles. The third-order valence-electron chi connectivity index (χ3n) is 1.06. The molecule has 0 aromatic carbocycles. The summed E-state index contributed by atoms with van der Waals surface area (Å²) in [7, 11) is 0. The van der Waals surface area contributed by atoms with Gasteiger partial charge in [0, 0.05) is 0 Å². The van der Waals surface area contributed by atoms with Crippen LogP contribution in [0.3, 0.4) is 0 Å². The van der Waals surface area contributed by atoms with Gasteiger partial charge in [-0.05, 0) is 0 Å². The zero-order valence-electron chi connectivity index (χ0n) is 6.37. The van der Waals surface area contributed by atoms with E-state index in [4.69, 9.17) is 28.3 Å². The Morgan fingerprint density at radius 1 is 1.75 bits per heavy atom. The largest absolute Gasteiger partial charge is 0.460 e. The molecule has 0 aromatic heterocycles. The Bertz CT molecular complexity index is 161. The maximum absolute atomic E-state index is 10.9. The van der Waals surface area contributed by atoms with Gasteiger partial charge >= 0.3 is 5.97 Å². The smallest absolute Gasteiger partial charge is 0.327 e. The molecule has 70 valence electrons. The quantitative estimate of drug-likeness (QED) is 0.419. The molecule has 12 heavy (non-hydrogen) atoms. The summed E-state index contributed by atoms with van der Waals surface area (Å²) >= 11 is 10.7. The molecule has 0 aliphatic rings. The molecule has 0 aliphatic heterocycles. The number of hydrogen-bond acceptors (Lipinski definition) is 3. The van der Waals surface area contributed by atoms with E-state index in [0.29, 0.717) is 0 Å². The number of esters is 1. The number of rotatable bonds is 5. The van der Waals surface area contributed by atoms with Gasteiger partial charge in [-0.15, -0.1) is 23.2 Å². The molecule has 0 heterocycles. The second-order valence-electron chi connectivity index (χ2n) is 2.04. The van der Waals surface area contributed by atoms with Crippen LogP contribution in [-0.4, -0.2) is 35.0 Å². The van der Waals surface area contributed by atoms with Gasteiger partial charge < -0.3 is 9.84 Å². The number of ether oxygens (including phenoxy) is 1. The molecule has 2 atom stereocenters. The van der Waals surface area contributed by atoms with Crippen LogP contribution in [0, 0.1) is 0 Å². The van der Waals surface area contributed by atoms with Crippen molar-refractivity contribution in [3.05, 3.63) is 12.7 Å². The lowest BCUT2D eigenvalue weighted by Gasteiger charge is -2.12. The Balaban J connectivity index is 3.83. The summed E-state index contributed by atoms with van der Waals surface area (Å²) in [5.74, 6) is -0.790. The topological polar surface area (TPSA) is 46.5 Å². The van der Waals surface area contributed by atoms with Crippen molar-refractivity contribution in [1.82, 2.24) is 0 Å². The van der Waals surface area contributed by atoms with Crippen LogP contribution >= 0.6 is 23.2 Å². The van der Waals surface area contributed by atoms with Crippen molar-refractivity contribution in [2.45, 2.75) is 11.5 Å². The van der Waals surface area contributed by atoms with E-state index in [1.165, 1.54) is 6.08 Å². The standard InChI is InChI=1S/C7H10Cl2O3/c1-2-3-12-7(11)6(9)5(10)4-8/h2,5-6,10H,1,3-4H2. The molecular weight excluding hydrogens is 203 g/mol. The minimum absolute atomic E-state index is 0.0804. The summed E-state index contributed by atoms with van der Waals surface area (Å²) < 4.78 is 4.57. The zero-order chi connectivity index (χ0) is 9.56. The van der Waals surface area contributed by atoms with Crippen LogP contribution in [0.4, 0.5) is 0 Å². The van der Waals surface area contributed by atoms with Crippen LogP contribution in [0.2, 0.25) is 0 Å². The second kappa shape index (κ2) is 6.29. The average Bonchev–Trinajstić information content (AvgIpc) is 2.11. The Labute approximate surface area is 80.9 Å². The fourth-order valence-electron chi connectivity index (χ4n) is 0.456. The molecule has 0 radical (unpaired) electrons. The summed E-state index contributed by atoms with van der Waals surface area (Å²) in [5.41, 5.74) is 0. The van der Waals surface area contributed by atoms with Crippen LogP contribution in [-0.2, 0) is 9.53 Å². The van der Waals surface area contributed by atoms with Gasteiger partial charge in [0.15, 0.2) is 5.38 Å². The first-order chi connectivity index (χ1) is 5.63. The summed E-state index contributed by atoms with van der Waals surface area (Å²) in [6, 6.07) is 0. The predicted octanol–water partition coefficient (Wildman–Crippen LogP) is 0.923. The number of alkyl halides is 2. The molecule has 0 rings (SSSR count). The van der Waals surface area contributed by atoms with Gasteiger partial charge in [0.1, 0.15) is 6.61 Å². The molecule has 0 saturated carbocycles. The van der Waals surface area contributed by atoms with Crippen LogP contribution < -0.4 is 0 Å². The average molecular weight is 213 g/mol. The number of aliphatic hydroxyl groups is 1. The lowest BCUT2D eigenvalue weighted by atomic mass is 10.3. The van der Waals surface area contributed by atoms with Crippen molar-refractivity contribution in [2.75, 3.05) is 12.5 Å². The number of hydrogen-bond donors (Lipinski definition) is 1. The van der Waals surface area contributed by atoms with Gasteiger partial charge in [-0.2, -0.15) is 0 Å². The van der Waals surface area contributed by atoms with E-state index in [1.807, 2.05) is 0 Å². The summed E-state index contributed by atoms with van der Waals surface area (Å²) in [4.78, 5) is 10.9. The third kappa shape index (κ3) is 3.95. The van der Waals surface area contributed by atoms with E-state index >= 15 is 0 Å². The number of carbonyl (C=O) groups excluding carboxylic acids is 1. The van der Waals surface area contributed by atoms with E-state index in [0.717, 1.165) is 0 Å². The Kier molecular flexibility index (Phi) is 6.16. The lowest BCUT2D eigenvalue weighted by Crippen LogP contribution is -2.32. The third-order valence-corrected chi connectivity index (χ3v) is 1.85. The van der Waals surface area contributed by atoms with Crippen LogP contribution in [0.1, 0.15) is 0 Å². The van der Waals surface area contributed by atoms with Gasteiger partial charge in [0.05, 0.1) is 12.0 Å². The van der Waals surface area contributed by atoms with Gasteiger partial charge in [-0.25, -0.2) is 0 Å². The first kappa shape index (κ1) is 11.8. The Morgan fingerprint density at radius 2 is 2.33 bits per heavy atom. The minimum Gasteiger partial charge on any atom is -0.460 e. The first-order valence-electron chi connectivity index (χ1n) is 3.29. The highest BCUT2D eigenvalue weighted by molar-refractivity contribution is 6.31. The van der Waals surface area contributed by atoms with E-state index in [2.05, 4.69) is 11.3 Å². The normalized spacial score (nSPS) is 14.9. The molecule has 2 unspecified atom stereocenters. The van der Waals surface area contributed by atoms with Gasteiger partial charge in [0.2, 0.25) is 0 Å². The fraction of sp³-hybridized carbons (Fsp3) is 0.571. The molecular formula is C7H10Cl2O3. The maximum Gasteiger partial charge on any atom is 0.327 e. The van der Waals surface area contributed by atoms with Crippen LogP contribution in [0.5, 0.6) is 0 Å². The van der Waals surface area contributed by atoms with E-state index < -0.39 is 17.5 Å². The highest BCUT2D eigenvalue weighted by Crippen LogP contribution is 2.06. The van der Waals surface area contributed by atoms with Crippen molar-refractivity contribution < 1.29 is 14.6 Å². The highest BCUT2D eigenvalue weighted by atomic mass is 35.5. The molecule has 0 bridgehead atoms. The molecule has 1 N–H and O–H groups in total. The maximum atomic E-state index is 10.9. The summed E-state index contributed by atoms with van der Waals surface area (Å²) in [6.07, 6.45) is 0.333. The van der Waals surface area contributed by atoms with Gasteiger partial charge in [-0.3, -0.25) is 4.79 Å². The molecule has 0 fully saturated rings. The SMILES string of the molecule is C=CCOC(=O)C(Cl)C(O)CCl. The Morgan fingerprint density at radius 3 is 2.75 bits per heavy atom. The van der Waals surface area contributed by atoms with Crippen molar-refractivity contribution >= 4 is 29.2 Å². The van der Waals surface area contributed by atoms with Gasteiger partial charge in [-0.1, -0.05) is 12.7 Å². The zero-order valence-corrected chi connectivity index (χ0v) is 7.88. The molecule has 0 aromatic rings. The minimum atomic E-state index is -1.11. The van der Waals surface area contributed by atoms with E-state index in [1.54, 1.807) is 0 Å². The Hall–Kier alpha value is -0.250. The lowest BCUT2D eigenvalue weighted by molar-refractivity contribution is -0.143. The summed E-state index contributed by atoms with van der Waals surface area (Å²) in [6.45, 7) is 3.43.